The van der Waals surface area contributed by atoms with Crippen LogP contribution in [0.15, 0.2) is 41.3 Å². The molecule has 2 saturated heterocycles. The quantitative estimate of drug-likeness (QED) is 0.870. The summed E-state index contributed by atoms with van der Waals surface area (Å²) in [4.78, 5) is 21.4. The van der Waals surface area contributed by atoms with Crippen molar-refractivity contribution in [2.45, 2.75) is 37.8 Å². The third-order valence-electron chi connectivity index (χ3n) is 5.43. The van der Waals surface area contributed by atoms with Gasteiger partial charge in [-0.3, -0.25) is 4.79 Å². The van der Waals surface area contributed by atoms with Crippen LogP contribution in [0.5, 0.6) is 0 Å². The minimum atomic E-state index is 0.155. The highest BCUT2D eigenvalue weighted by Gasteiger charge is 2.38. The van der Waals surface area contributed by atoms with E-state index in [1.54, 1.807) is 6.20 Å². The molecular weight excluding hydrogens is 302 g/mol. The maximum atomic E-state index is 13.0. The number of hydrogen-bond donors (Lipinski definition) is 0. The van der Waals surface area contributed by atoms with E-state index < -0.39 is 0 Å². The van der Waals surface area contributed by atoms with Crippen LogP contribution in [0.3, 0.4) is 0 Å². The lowest BCUT2D eigenvalue weighted by Crippen LogP contribution is -2.47. The predicted molar refractivity (Wildman–Crippen MR) is 91.6 cm³/mol. The summed E-state index contributed by atoms with van der Waals surface area (Å²) in [6.07, 6.45) is 7.78. The summed E-state index contributed by atoms with van der Waals surface area (Å²) in [6, 6.07) is 8.53. The molecule has 2 aromatic rings. The van der Waals surface area contributed by atoms with Gasteiger partial charge in [-0.05, 0) is 51.4 Å². The lowest BCUT2D eigenvalue weighted by molar-refractivity contribution is 0.0664. The molecule has 0 saturated carbocycles. The fraction of sp³-hybridized carbons (Fsp3) is 0.474. The second kappa shape index (κ2) is 6.40. The SMILES string of the molecule is CN1CCC[C@H]1[C@H]1CCCN1C(=O)c1ccc(-c2cnco2)cc1. The number of nitrogens with zero attached hydrogens (tertiary/aromatic N) is 3. The smallest absolute Gasteiger partial charge is 0.254 e. The van der Waals surface area contributed by atoms with Crippen molar-refractivity contribution < 1.29 is 9.21 Å². The van der Waals surface area contributed by atoms with Gasteiger partial charge in [-0.25, -0.2) is 4.98 Å². The van der Waals surface area contributed by atoms with E-state index in [9.17, 15) is 4.79 Å². The molecule has 0 radical (unpaired) electrons. The zero-order chi connectivity index (χ0) is 16.5. The van der Waals surface area contributed by atoms with Crippen LogP contribution >= 0.6 is 0 Å². The van der Waals surface area contributed by atoms with E-state index in [1.807, 2.05) is 24.3 Å². The number of likely N-dealkylation sites (N-methyl/N-ethyl adjacent to an activating group) is 1. The topological polar surface area (TPSA) is 49.6 Å². The predicted octanol–water partition coefficient (Wildman–Crippen LogP) is 3.04. The van der Waals surface area contributed by atoms with E-state index in [0.29, 0.717) is 12.1 Å². The Bertz CT molecular complexity index is 696. The van der Waals surface area contributed by atoms with Crippen LogP contribution in [0.2, 0.25) is 0 Å². The Balaban J connectivity index is 1.52. The number of hydrogen-bond acceptors (Lipinski definition) is 4. The van der Waals surface area contributed by atoms with Crippen LogP contribution in [0.25, 0.3) is 11.3 Å². The summed E-state index contributed by atoms with van der Waals surface area (Å²) in [5.41, 5.74) is 1.70. The van der Waals surface area contributed by atoms with Gasteiger partial charge < -0.3 is 14.2 Å². The Morgan fingerprint density at radius 3 is 2.54 bits per heavy atom. The molecule has 0 aliphatic carbocycles. The molecule has 1 amide bonds. The summed E-state index contributed by atoms with van der Waals surface area (Å²) in [7, 11) is 2.19. The number of likely N-dealkylation sites (tertiary alicyclic amines) is 2. The van der Waals surface area contributed by atoms with E-state index in [1.165, 1.54) is 19.2 Å². The fourth-order valence-corrected chi connectivity index (χ4v) is 4.17. The monoisotopic (exact) mass is 325 g/mol. The molecule has 2 aliphatic rings. The molecule has 2 aliphatic heterocycles. The first kappa shape index (κ1) is 15.4. The number of amides is 1. The zero-order valence-electron chi connectivity index (χ0n) is 14.0. The lowest BCUT2D eigenvalue weighted by Gasteiger charge is -2.33. The normalized spacial score (nSPS) is 24.6. The highest BCUT2D eigenvalue weighted by molar-refractivity contribution is 5.95. The van der Waals surface area contributed by atoms with Crippen molar-refractivity contribution in [3.8, 4) is 11.3 Å². The molecule has 5 nitrogen and oxygen atoms in total. The fourth-order valence-electron chi connectivity index (χ4n) is 4.17. The molecule has 5 heteroatoms. The summed E-state index contributed by atoms with van der Waals surface area (Å²) in [5.74, 6) is 0.877. The summed E-state index contributed by atoms with van der Waals surface area (Å²) in [5, 5.41) is 0. The number of benzene rings is 1. The van der Waals surface area contributed by atoms with E-state index in [2.05, 4.69) is 21.8 Å². The van der Waals surface area contributed by atoms with Gasteiger partial charge in [0.05, 0.1) is 6.20 Å². The minimum absolute atomic E-state index is 0.155. The Morgan fingerprint density at radius 2 is 1.88 bits per heavy atom. The average Bonchev–Trinajstić information content (AvgIpc) is 3.35. The van der Waals surface area contributed by atoms with Crippen molar-refractivity contribution in [1.82, 2.24) is 14.8 Å². The number of carbonyl (C=O) groups excluding carboxylic acids is 1. The largest absolute Gasteiger partial charge is 0.444 e. The Kier molecular flexibility index (Phi) is 4.10. The van der Waals surface area contributed by atoms with Crippen molar-refractivity contribution in [3.63, 3.8) is 0 Å². The minimum Gasteiger partial charge on any atom is -0.444 e. The van der Waals surface area contributed by atoms with Crippen LogP contribution in [0, 0.1) is 0 Å². The first-order chi connectivity index (χ1) is 11.7. The highest BCUT2D eigenvalue weighted by atomic mass is 16.3. The van der Waals surface area contributed by atoms with E-state index in [-0.39, 0.29) is 5.91 Å². The first-order valence-corrected chi connectivity index (χ1v) is 8.74. The molecule has 126 valence electrons. The Labute approximate surface area is 142 Å². The van der Waals surface area contributed by atoms with Crippen LogP contribution in [-0.2, 0) is 0 Å². The Morgan fingerprint density at radius 1 is 1.12 bits per heavy atom. The van der Waals surface area contributed by atoms with Gasteiger partial charge in [-0.15, -0.1) is 0 Å². The molecule has 24 heavy (non-hydrogen) atoms. The molecule has 1 aromatic carbocycles. The molecular formula is C19H23N3O2. The number of rotatable bonds is 3. The third-order valence-corrected chi connectivity index (χ3v) is 5.43. The van der Waals surface area contributed by atoms with Crippen molar-refractivity contribution in [1.29, 1.82) is 0 Å². The molecule has 2 atom stereocenters. The van der Waals surface area contributed by atoms with E-state index in [4.69, 9.17) is 4.42 Å². The first-order valence-electron chi connectivity index (χ1n) is 8.74. The van der Waals surface area contributed by atoms with Crippen molar-refractivity contribution in [2.75, 3.05) is 20.1 Å². The average molecular weight is 325 g/mol. The molecule has 1 aromatic heterocycles. The third kappa shape index (κ3) is 2.73. The lowest BCUT2D eigenvalue weighted by atomic mass is 10.0. The molecule has 2 fully saturated rings. The van der Waals surface area contributed by atoms with Gasteiger partial charge in [0.1, 0.15) is 0 Å². The molecule has 3 heterocycles. The number of aromatic nitrogens is 1. The van der Waals surface area contributed by atoms with Gasteiger partial charge in [0.25, 0.3) is 5.91 Å². The van der Waals surface area contributed by atoms with Crippen molar-refractivity contribution >= 4 is 5.91 Å². The van der Waals surface area contributed by atoms with Crippen molar-refractivity contribution in [3.05, 3.63) is 42.4 Å². The van der Waals surface area contributed by atoms with Crippen LogP contribution in [-0.4, -0.2) is 52.9 Å². The van der Waals surface area contributed by atoms with E-state index in [0.717, 1.165) is 42.8 Å². The molecule has 4 rings (SSSR count). The summed E-state index contributed by atoms with van der Waals surface area (Å²) >= 11 is 0. The summed E-state index contributed by atoms with van der Waals surface area (Å²) < 4.78 is 5.30. The van der Waals surface area contributed by atoms with Gasteiger partial charge in [0.15, 0.2) is 12.2 Å². The number of carbonyl (C=O) groups is 1. The van der Waals surface area contributed by atoms with Gasteiger partial charge in [-0.2, -0.15) is 0 Å². The maximum Gasteiger partial charge on any atom is 0.254 e. The zero-order valence-corrected chi connectivity index (χ0v) is 14.0. The molecule has 0 unspecified atom stereocenters. The van der Waals surface area contributed by atoms with Crippen LogP contribution in [0.4, 0.5) is 0 Å². The maximum absolute atomic E-state index is 13.0. The van der Waals surface area contributed by atoms with Gasteiger partial charge in [0.2, 0.25) is 0 Å². The Hall–Kier alpha value is -2.14. The number of oxazole rings is 1. The van der Waals surface area contributed by atoms with Crippen molar-refractivity contribution in [2.24, 2.45) is 0 Å². The molecule has 0 bridgehead atoms. The van der Waals surface area contributed by atoms with Crippen LogP contribution in [0.1, 0.15) is 36.0 Å². The molecule has 0 spiro atoms. The highest BCUT2D eigenvalue weighted by Crippen LogP contribution is 2.30. The van der Waals surface area contributed by atoms with Gasteiger partial charge in [-0.1, -0.05) is 12.1 Å². The van der Waals surface area contributed by atoms with Crippen LogP contribution < -0.4 is 0 Å². The van der Waals surface area contributed by atoms with E-state index >= 15 is 0 Å². The molecule has 0 N–H and O–H groups in total. The standard InChI is InChI=1S/C19H23N3O2/c1-21-10-2-4-16(21)17-5-3-11-22(17)19(23)15-8-6-14(7-9-15)18-12-20-13-24-18/h6-9,12-13,16-17H,2-5,10-11H2,1H3/t16-,17+/m0/s1. The van der Waals surface area contributed by atoms with Gasteiger partial charge in [0, 0.05) is 29.8 Å². The van der Waals surface area contributed by atoms with Gasteiger partial charge >= 0.3 is 0 Å². The second-order valence-corrected chi connectivity index (χ2v) is 6.84. The summed E-state index contributed by atoms with van der Waals surface area (Å²) in [6.45, 7) is 2.02. The second-order valence-electron chi connectivity index (χ2n) is 6.84.